The van der Waals surface area contributed by atoms with Crippen molar-refractivity contribution in [3.8, 4) is 0 Å². The lowest BCUT2D eigenvalue weighted by Gasteiger charge is -2.26. The fraction of sp³-hybridized carbons (Fsp3) is 0.321. The van der Waals surface area contributed by atoms with E-state index in [1.165, 1.54) is 24.8 Å². The molecule has 0 atom stereocenters. The SMILES string of the molecule is Cc1ccc(S(=O)(=O)N(CC(=O)NCc2cccc(CN3CCCCC3)c2)c2cccc(Br)c2)cc1. The number of hydrogen-bond acceptors (Lipinski definition) is 4. The first kappa shape index (κ1) is 26.4. The van der Waals surface area contributed by atoms with Gasteiger partial charge < -0.3 is 5.32 Å². The molecular formula is C28H32BrN3O3S. The first-order valence-corrected chi connectivity index (χ1v) is 14.5. The van der Waals surface area contributed by atoms with Crippen molar-refractivity contribution in [3.05, 3.63) is 94.0 Å². The number of carbonyl (C=O) groups excluding carboxylic acids is 1. The van der Waals surface area contributed by atoms with Crippen LogP contribution in [-0.4, -0.2) is 38.9 Å². The van der Waals surface area contributed by atoms with Gasteiger partial charge in [-0.2, -0.15) is 0 Å². The summed E-state index contributed by atoms with van der Waals surface area (Å²) in [6.45, 7) is 5.08. The lowest BCUT2D eigenvalue weighted by molar-refractivity contribution is -0.119. The van der Waals surface area contributed by atoms with E-state index in [9.17, 15) is 13.2 Å². The number of sulfonamides is 1. The molecule has 0 spiro atoms. The average molecular weight is 571 g/mol. The van der Waals surface area contributed by atoms with Crippen molar-refractivity contribution in [3.63, 3.8) is 0 Å². The maximum absolute atomic E-state index is 13.5. The highest BCUT2D eigenvalue weighted by Crippen LogP contribution is 2.26. The van der Waals surface area contributed by atoms with Crippen LogP contribution in [0.3, 0.4) is 0 Å². The maximum Gasteiger partial charge on any atom is 0.264 e. The Labute approximate surface area is 222 Å². The molecule has 1 aliphatic rings. The predicted octanol–water partition coefficient (Wildman–Crippen LogP) is 5.26. The van der Waals surface area contributed by atoms with Crippen LogP contribution in [0.1, 0.15) is 36.0 Å². The van der Waals surface area contributed by atoms with E-state index < -0.39 is 10.0 Å². The van der Waals surface area contributed by atoms with Crippen LogP contribution < -0.4 is 9.62 Å². The third kappa shape index (κ3) is 6.96. The summed E-state index contributed by atoms with van der Waals surface area (Å²) in [6.07, 6.45) is 3.80. The van der Waals surface area contributed by atoms with Crippen LogP contribution in [0.4, 0.5) is 5.69 Å². The molecule has 0 aliphatic carbocycles. The molecule has 1 saturated heterocycles. The lowest BCUT2D eigenvalue weighted by Crippen LogP contribution is -2.40. The van der Waals surface area contributed by atoms with Gasteiger partial charge >= 0.3 is 0 Å². The van der Waals surface area contributed by atoms with Crippen molar-refractivity contribution in [2.75, 3.05) is 23.9 Å². The molecule has 0 radical (unpaired) electrons. The minimum atomic E-state index is -3.94. The van der Waals surface area contributed by atoms with E-state index in [1.54, 1.807) is 42.5 Å². The second-order valence-electron chi connectivity index (χ2n) is 9.24. The predicted molar refractivity (Wildman–Crippen MR) is 147 cm³/mol. The van der Waals surface area contributed by atoms with Crippen molar-refractivity contribution in [2.45, 2.75) is 44.2 Å². The van der Waals surface area contributed by atoms with Crippen molar-refractivity contribution in [2.24, 2.45) is 0 Å². The van der Waals surface area contributed by atoms with E-state index >= 15 is 0 Å². The molecule has 6 nitrogen and oxygen atoms in total. The standard InChI is InChI=1S/C28H32BrN3O3S/c1-22-11-13-27(14-12-22)36(34,35)32(26-10-6-9-25(29)18-26)21-28(33)30-19-23-7-5-8-24(17-23)20-31-15-3-2-4-16-31/h5-14,17-18H,2-4,15-16,19-21H2,1H3,(H,30,33). The quantitative estimate of drug-likeness (QED) is 0.382. The molecule has 0 unspecified atom stereocenters. The van der Waals surface area contributed by atoms with E-state index in [2.05, 4.69) is 38.3 Å². The molecule has 36 heavy (non-hydrogen) atoms. The van der Waals surface area contributed by atoms with Crippen LogP contribution in [0.25, 0.3) is 0 Å². The van der Waals surface area contributed by atoms with Crippen LogP contribution in [0.2, 0.25) is 0 Å². The van der Waals surface area contributed by atoms with Crippen molar-refractivity contribution < 1.29 is 13.2 Å². The molecule has 1 N–H and O–H groups in total. The van der Waals surface area contributed by atoms with Crippen molar-refractivity contribution >= 4 is 37.5 Å². The lowest BCUT2D eigenvalue weighted by atomic mass is 10.1. The number of likely N-dealkylation sites (tertiary alicyclic amines) is 1. The summed E-state index contributed by atoms with van der Waals surface area (Å²) in [6, 6.07) is 21.8. The molecule has 3 aromatic rings. The Bertz CT molecular complexity index is 1290. The Morgan fingerprint density at radius 1 is 0.944 bits per heavy atom. The summed E-state index contributed by atoms with van der Waals surface area (Å²) in [5.74, 6) is -0.368. The second-order valence-corrected chi connectivity index (χ2v) is 12.0. The van der Waals surface area contributed by atoms with Crippen LogP contribution >= 0.6 is 15.9 Å². The first-order chi connectivity index (χ1) is 17.3. The molecule has 3 aromatic carbocycles. The number of anilines is 1. The van der Waals surface area contributed by atoms with Gasteiger partial charge in [0.05, 0.1) is 10.6 Å². The van der Waals surface area contributed by atoms with Crippen molar-refractivity contribution in [1.29, 1.82) is 0 Å². The Morgan fingerprint density at radius 3 is 2.36 bits per heavy atom. The summed E-state index contributed by atoms with van der Waals surface area (Å²) in [5.41, 5.74) is 3.60. The van der Waals surface area contributed by atoms with E-state index in [4.69, 9.17) is 0 Å². The summed E-state index contributed by atoms with van der Waals surface area (Å²) in [7, 11) is -3.94. The number of benzene rings is 3. The zero-order valence-corrected chi connectivity index (χ0v) is 22.9. The van der Waals surface area contributed by atoms with Crippen LogP contribution in [0.15, 0.2) is 82.2 Å². The first-order valence-electron chi connectivity index (χ1n) is 12.2. The van der Waals surface area contributed by atoms with Gasteiger partial charge in [-0.15, -0.1) is 0 Å². The number of halogens is 1. The molecule has 0 aromatic heterocycles. The van der Waals surface area contributed by atoms with Gasteiger partial charge in [0.2, 0.25) is 5.91 Å². The zero-order valence-electron chi connectivity index (χ0n) is 20.5. The van der Waals surface area contributed by atoms with Gasteiger partial charge in [0, 0.05) is 17.6 Å². The Kier molecular flexibility index (Phi) is 8.82. The molecule has 8 heteroatoms. The number of carbonyl (C=O) groups is 1. The monoisotopic (exact) mass is 569 g/mol. The molecule has 1 aliphatic heterocycles. The summed E-state index contributed by atoms with van der Waals surface area (Å²) in [5, 5.41) is 2.91. The third-order valence-corrected chi connectivity index (χ3v) is 8.61. The van der Waals surface area contributed by atoms with Crippen LogP contribution in [-0.2, 0) is 27.9 Å². The fourth-order valence-electron chi connectivity index (χ4n) is 4.38. The van der Waals surface area contributed by atoms with Gasteiger partial charge in [0.25, 0.3) is 10.0 Å². The van der Waals surface area contributed by atoms with E-state index in [1.807, 2.05) is 25.1 Å². The molecule has 1 heterocycles. The van der Waals surface area contributed by atoms with E-state index in [0.717, 1.165) is 39.5 Å². The number of hydrogen-bond donors (Lipinski definition) is 1. The summed E-state index contributed by atoms with van der Waals surface area (Å²) >= 11 is 3.41. The van der Waals surface area contributed by atoms with Gasteiger partial charge in [0.1, 0.15) is 6.54 Å². The minimum absolute atomic E-state index is 0.145. The van der Waals surface area contributed by atoms with Crippen LogP contribution in [0, 0.1) is 6.92 Å². The zero-order chi connectivity index (χ0) is 25.5. The fourth-order valence-corrected chi connectivity index (χ4v) is 6.18. The highest BCUT2D eigenvalue weighted by molar-refractivity contribution is 9.10. The van der Waals surface area contributed by atoms with Crippen molar-refractivity contribution in [1.82, 2.24) is 10.2 Å². The number of rotatable bonds is 9. The molecule has 1 fully saturated rings. The third-order valence-electron chi connectivity index (χ3n) is 6.33. The molecule has 190 valence electrons. The highest BCUT2D eigenvalue weighted by atomic mass is 79.9. The molecular weight excluding hydrogens is 538 g/mol. The molecule has 0 saturated carbocycles. The second kappa shape index (κ2) is 12.0. The number of amides is 1. The molecule has 1 amide bonds. The van der Waals surface area contributed by atoms with Gasteiger partial charge in [0.15, 0.2) is 0 Å². The Hall–Kier alpha value is -2.68. The number of piperidine rings is 1. The molecule has 0 bridgehead atoms. The summed E-state index contributed by atoms with van der Waals surface area (Å²) < 4.78 is 28.9. The van der Waals surface area contributed by atoms with Gasteiger partial charge in [-0.05, 0) is 74.3 Å². The summed E-state index contributed by atoms with van der Waals surface area (Å²) in [4.78, 5) is 15.6. The van der Waals surface area contributed by atoms with Crippen LogP contribution in [0.5, 0.6) is 0 Å². The van der Waals surface area contributed by atoms with E-state index in [-0.39, 0.29) is 17.3 Å². The molecule has 4 rings (SSSR count). The minimum Gasteiger partial charge on any atom is -0.350 e. The normalized spacial score (nSPS) is 14.4. The number of aryl methyl sites for hydroxylation is 1. The maximum atomic E-state index is 13.5. The van der Waals surface area contributed by atoms with Gasteiger partial charge in [-0.3, -0.25) is 14.0 Å². The van der Waals surface area contributed by atoms with Gasteiger partial charge in [-0.25, -0.2) is 8.42 Å². The smallest absolute Gasteiger partial charge is 0.264 e. The topological polar surface area (TPSA) is 69.7 Å². The highest BCUT2D eigenvalue weighted by Gasteiger charge is 2.27. The Morgan fingerprint density at radius 2 is 1.64 bits per heavy atom. The van der Waals surface area contributed by atoms with Gasteiger partial charge in [-0.1, -0.05) is 70.4 Å². The average Bonchev–Trinajstić information content (AvgIpc) is 2.87. The number of nitrogens with one attached hydrogen (secondary N) is 1. The Balaban J connectivity index is 1.47. The number of nitrogens with zero attached hydrogens (tertiary/aromatic N) is 2. The largest absolute Gasteiger partial charge is 0.350 e. The van der Waals surface area contributed by atoms with E-state index in [0.29, 0.717) is 12.2 Å².